The van der Waals surface area contributed by atoms with Crippen molar-refractivity contribution in [2.45, 2.75) is 0 Å². The summed E-state index contributed by atoms with van der Waals surface area (Å²) >= 11 is 0. The summed E-state index contributed by atoms with van der Waals surface area (Å²) in [5, 5.41) is 5.86. The Morgan fingerprint density at radius 3 is 2.47 bits per heavy atom. The van der Waals surface area contributed by atoms with Gasteiger partial charge in [0.05, 0.1) is 11.1 Å². The highest BCUT2D eigenvalue weighted by Crippen LogP contribution is 2.29. The zero-order valence-corrected chi connectivity index (χ0v) is 9.58. The summed E-state index contributed by atoms with van der Waals surface area (Å²) in [6, 6.07) is 7.17. The van der Waals surface area contributed by atoms with Crippen molar-refractivity contribution >= 4 is 23.3 Å². The van der Waals surface area contributed by atoms with Gasteiger partial charge < -0.3 is 5.73 Å². The maximum Gasteiger partial charge on any atom is 0.269 e. The summed E-state index contributed by atoms with van der Waals surface area (Å²) in [6.07, 6.45) is 0. The molecule has 0 aliphatic carbocycles. The van der Waals surface area contributed by atoms with Crippen molar-refractivity contribution in [3.05, 3.63) is 51.8 Å². The van der Waals surface area contributed by atoms with Gasteiger partial charge in [0.1, 0.15) is 0 Å². The van der Waals surface area contributed by atoms with E-state index in [2.05, 4.69) is 10.2 Å². The minimum Gasteiger partial charge on any atom is -0.398 e. The summed E-state index contributed by atoms with van der Waals surface area (Å²) < 4.78 is 0. The average molecular weight is 256 g/mol. The van der Waals surface area contributed by atoms with Gasteiger partial charge in [0.25, 0.3) is 17.4 Å². The van der Waals surface area contributed by atoms with Crippen LogP contribution in [-0.4, -0.2) is 22.0 Å². The average Bonchev–Trinajstić information content (AvgIpc) is 2.65. The normalized spacial score (nSPS) is 13.8. The molecule has 3 N–H and O–H groups in total. The highest BCUT2D eigenvalue weighted by atomic mass is 16.2. The Labute approximate surface area is 106 Å². The van der Waals surface area contributed by atoms with Gasteiger partial charge in [-0.05, 0) is 18.2 Å². The zero-order valence-electron chi connectivity index (χ0n) is 9.58. The fourth-order valence-corrected chi connectivity index (χ4v) is 1.98. The van der Waals surface area contributed by atoms with E-state index in [1.807, 2.05) is 0 Å². The molecular weight excluding hydrogens is 248 g/mol. The number of nitrogens with two attached hydrogens (primary N) is 1. The highest BCUT2D eigenvalue weighted by molar-refractivity contribution is 6.35. The van der Waals surface area contributed by atoms with Gasteiger partial charge in [-0.1, -0.05) is 6.07 Å². The van der Waals surface area contributed by atoms with Crippen molar-refractivity contribution in [2.75, 3.05) is 10.6 Å². The van der Waals surface area contributed by atoms with E-state index in [0.717, 1.165) is 4.90 Å². The van der Waals surface area contributed by atoms with Gasteiger partial charge in [0.15, 0.2) is 5.82 Å². The lowest BCUT2D eigenvalue weighted by molar-refractivity contribution is 0.0925. The molecule has 94 valence electrons. The van der Waals surface area contributed by atoms with Crippen LogP contribution in [0, 0.1) is 0 Å². The lowest BCUT2D eigenvalue weighted by Crippen LogP contribution is -2.31. The van der Waals surface area contributed by atoms with E-state index in [4.69, 9.17) is 5.73 Å². The molecule has 1 aliphatic heterocycles. The molecule has 2 aromatic rings. The molecule has 0 atom stereocenters. The number of aromatic amines is 1. The molecule has 0 unspecified atom stereocenters. The predicted octanol–water partition coefficient (Wildman–Crippen LogP) is 0.153. The van der Waals surface area contributed by atoms with Crippen LogP contribution in [0.3, 0.4) is 0 Å². The lowest BCUT2D eigenvalue weighted by Gasteiger charge is -2.11. The number of aromatic nitrogens is 2. The van der Waals surface area contributed by atoms with Crippen molar-refractivity contribution < 1.29 is 9.59 Å². The third-order valence-electron chi connectivity index (χ3n) is 2.84. The second-order valence-electron chi connectivity index (χ2n) is 3.99. The van der Waals surface area contributed by atoms with E-state index >= 15 is 0 Å². The molecule has 1 aromatic carbocycles. The molecule has 0 saturated heterocycles. The van der Waals surface area contributed by atoms with Crippen molar-refractivity contribution in [1.29, 1.82) is 0 Å². The number of amides is 2. The van der Waals surface area contributed by atoms with Gasteiger partial charge in [0.2, 0.25) is 0 Å². The smallest absolute Gasteiger partial charge is 0.269 e. The molecule has 1 aromatic heterocycles. The molecule has 0 bridgehead atoms. The van der Waals surface area contributed by atoms with Gasteiger partial charge in [-0.25, -0.2) is 10.00 Å². The molecule has 0 fully saturated rings. The summed E-state index contributed by atoms with van der Waals surface area (Å²) in [5.74, 6) is -0.991. The summed E-state index contributed by atoms with van der Waals surface area (Å²) in [4.78, 5) is 36.2. The number of anilines is 2. The largest absolute Gasteiger partial charge is 0.398 e. The van der Waals surface area contributed by atoms with Crippen molar-refractivity contribution in [1.82, 2.24) is 10.2 Å². The van der Waals surface area contributed by atoms with Crippen LogP contribution in [0.15, 0.2) is 35.1 Å². The van der Waals surface area contributed by atoms with Crippen molar-refractivity contribution in [2.24, 2.45) is 0 Å². The van der Waals surface area contributed by atoms with Gasteiger partial charge in [0, 0.05) is 11.8 Å². The molecule has 19 heavy (non-hydrogen) atoms. The fourth-order valence-electron chi connectivity index (χ4n) is 1.98. The monoisotopic (exact) mass is 256 g/mol. The lowest BCUT2D eigenvalue weighted by atomic mass is 10.1. The molecule has 1 aliphatic rings. The second-order valence-corrected chi connectivity index (χ2v) is 3.99. The topological polar surface area (TPSA) is 109 Å². The molecular formula is C12H8N4O3. The molecule has 3 rings (SSSR count). The Morgan fingerprint density at radius 1 is 1.05 bits per heavy atom. The standard InChI is InChI=1S/C12H8N4O3/c13-7-3-1-2-6-10(7)12(19)16(11(6)18)8-4-5-9(17)15-14-8/h1-5H,13H2,(H,15,17). The number of fused-ring (bicyclic) bond motifs is 1. The Kier molecular flexibility index (Phi) is 2.21. The van der Waals surface area contributed by atoms with E-state index in [-0.39, 0.29) is 22.6 Å². The third-order valence-corrected chi connectivity index (χ3v) is 2.84. The molecule has 0 spiro atoms. The number of nitrogens with one attached hydrogen (secondary N) is 1. The number of carbonyl (C=O) groups excluding carboxylic acids is 2. The van der Waals surface area contributed by atoms with Crippen LogP contribution in [0.5, 0.6) is 0 Å². The number of hydrogen-bond donors (Lipinski definition) is 2. The Bertz CT molecular complexity index is 745. The molecule has 2 amide bonds. The quantitative estimate of drug-likeness (QED) is 0.557. The van der Waals surface area contributed by atoms with Crippen LogP contribution in [0.2, 0.25) is 0 Å². The Morgan fingerprint density at radius 2 is 1.84 bits per heavy atom. The number of nitrogens with zero attached hydrogens (tertiary/aromatic N) is 2. The molecule has 7 heteroatoms. The maximum absolute atomic E-state index is 12.2. The van der Waals surface area contributed by atoms with Crippen LogP contribution in [0.25, 0.3) is 0 Å². The molecule has 7 nitrogen and oxygen atoms in total. The number of H-pyrrole nitrogens is 1. The fraction of sp³-hybridized carbons (Fsp3) is 0. The first kappa shape index (κ1) is 11.1. The van der Waals surface area contributed by atoms with Gasteiger partial charge >= 0.3 is 0 Å². The molecule has 2 heterocycles. The van der Waals surface area contributed by atoms with Crippen LogP contribution in [0.4, 0.5) is 11.5 Å². The summed E-state index contributed by atoms with van der Waals surface area (Å²) in [6.45, 7) is 0. The van der Waals surface area contributed by atoms with E-state index in [0.29, 0.717) is 0 Å². The van der Waals surface area contributed by atoms with Crippen molar-refractivity contribution in [3.63, 3.8) is 0 Å². The van der Waals surface area contributed by atoms with E-state index in [9.17, 15) is 14.4 Å². The van der Waals surface area contributed by atoms with Gasteiger partial charge in [-0.15, -0.1) is 0 Å². The van der Waals surface area contributed by atoms with E-state index in [1.54, 1.807) is 12.1 Å². The van der Waals surface area contributed by atoms with Crippen LogP contribution < -0.4 is 16.2 Å². The van der Waals surface area contributed by atoms with Crippen LogP contribution in [-0.2, 0) is 0 Å². The number of carbonyl (C=O) groups is 2. The number of hydrogen-bond acceptors (Lipinski definition) is 5. The summed E-state index contributed by atoms with van der Waals surface area (Å²) in [7, 11) is 0. The van der Waals surface area contributed by atoms with Gasteiger partial charge in [-0.3, -0.25) is 14.4 Å². The Balaban J connectivity index is 2.15. The highest BCUT2D eigenvalue weighted by Gasteiger charge is 2.38. The van der Waals surface area contributed by atoms with E-state index < -0.39 is 17.4 Å². The number of nitrogen functional groups attached to an aromatic ring is 1. The third kappa shape index (κ3) is 1.52. The first-order chi connectivity index (χ1) is 9.09. The first-order valence-electron chi connectivity index (χ1n) is 5.42. The first-order valence-corrected chi connectivity index (χ1v) is 5.42. The predicted molar refractivity (Wildman–Crippen MR) is 66.9 cm³/mol. The number of rotatable bonds is 1. The molecule has 0 radical (unpaired) electrons. The van der Waals surface area contributed by atoms with Crippen molar-refractivity contribution in [3.8, 4) is 0 Å². The van der Waals surface area contributed by atoms with Crippen LogP contribution in [0.1, 0.15) is 20.7 Å². The second kappa shape index (κ2) is 3.77. The minimum atomic E-state index is -0.544. The molecule has 0 saturated carbocycles. The van der Waals surface area contributed by atoms with Gasteiger partial charge in [-0.2, -0.15) is 5.10 Å². The SMILES string of the molecule is Nc1cccc2c1C(=O)N(c1ccc(=O)[nH]n1)C2=O. The van der Waals surface area contributed by atoms with Crippen LogP contribution >= 0.6 is 0 Å². The zero-order chi connectivity index (χ0) is 13.6. The number of benzene rings is 1. The Hall–Kier alpha value is -2.96. The minimum absolute atomic E-state index is 0.0604. The van der Waals surface area contributed by atoms with E-state index in [1.165, 1.54) is 18.2 Å². The maximum atomic E-state index is 12.2. The number of imide groups is 1. The summed E-state index contributed by atoms with van der Waals surface area (Å²) in [5.41, 5.74) is 5.93.